The zero-order chi connectivity index (χ0) is 20.5. The molecule has 0 bridgehead atoms. The van der Waals surface area contributed by atoms with Crippen molar-refractivity contribution in [3.05, 3.63) is 65.2 Å². The summed E-state index contributed by atoms with van der Waals surface area (Å²) in [6.45, 7) is 5.70. The minimum atomic E-state index is -0.874. The fourth-order valence-corrected chi connectivity index (χ4v) is 4.00. The maximum Gasteiger partial charge on any atom is 0.254 e. The lowest BCUT2D eigenvalue weighted by Gasteiger charge is -2.27. The molecular formula is C23H26FN3O2. The first-order chi connectivity index (χ1) is 13.9. The Morgan fingerprint density at radius 2 is 1.97 bits per heavy atom. The number of hydrogen-bond donors (Lipinski definition) is 1. The van der Waals surface area contributed by atoms with Gasteiger partial charge in [0.15, 0.2) is 0 Å². The van der Waals surface area contributed by atoms with Crippen LogP contribution in [0, 0.1) is 11.7 Å². The summed E-state index contributed by atoms with van der Waals surface area (Å²) in [5.74, 6) is 0.866. The largest absolute Gasteiger partial charge is 0.387 e. The molecule has 1 aliphatic rings. The Bertz CT molecular complexity index is 1030. The van der Waals surface area contributed by atoms with E-state index in [0.29, 0.717) is 17.7 Å². The fourth-order valence-electron chi connectivity index (χ4n) is 4.00. The first-order valence-electron chi connectivity index (χ1n) is 10.1. The minimum Gasteiger partial charge on any atom is -0.387 e. The van der Waals surface area contributed by atoms with Gasteiger partial charge in [0.25, 0.3) is 5.91 Å². The van der Waals surface area contributed by atoms with Crippen molar-refractivity contribution < 1.29 is 14.3 Å². The van der Waals surface area contributed by atoms with E-state index in [1.807, 2.05) is 32.0 Å². The molecule has 6 heteroatoms. The number of carbonyl (C=O) groups excluding carboxylic acids is 1. The molecule has 1 amide bonds. The fraction of sp³-hybridized carbons (Fsp3) is 0.391. The number of imidazole rings is 1. The molecule has 3 aromatic rings. The smallest absolute Gasteiger partial charge is 0.254 e. The molecule has 0 radical (unpaired) electrons. The molecule has 2 aromatic carbocycles. The molecule has 0 spiro atoms. The van der Waals surface area contributed by atoms with Crippen LogP contribution in [0.2, 0.25) is 0 Å². The Balaban J connectivity index is 1.59. The molecule has 5 nitrogen and oxygen atoms in total. The van der Waals surface area contributed by atoms with Gasteiger partial charge < -0.3 is 14.6 Å². The summed E-state index contributed by atoms with van der Waals surface area (Å²) in [7, 11) is 0. The van der Waals surface area contributed by atoms with Gasteiger partial charge in [0.1, 0.15) is 11.6 Å². The average molecular weight is 395 g/mol. The Kier molecular flexibility index (Phi) is 5.37. The number of benzene rings is 2. The van der Waals surface area contributed by atoms with E-state index in [0.717, 1.165) is 36.2 Å². The van der Waals surface area contributed by atoms with Gasteiger partial charge in [-0.25, -0.2) is 9.37 Å². The third-order valence-electron chi connectivity index (χ3n) is 5.38. The summed E-state index contributed by atoms with van der Waals surface area (Å²) in [5.41, 5.74) is 3.10. The van der Waals surface area contributed by atoms with Gasteiger partial charge in [0.05, 0.1) is 23.7 Å². The number of hydrogen-bond acceptors (Lipinski definition) is 3. The molecule has 0 aliphatic carbocycles. The van der Waals surface area contributed by atoms with Crippen LogP contribution in [0.4, 0.5) is 4.39 Å². The van der Waals surface area contributed by atoms with Gasteiger partial charge in [-0.3, -0.25) is 4.79 Å². The van der Waals surface area contributed by atoms with E-state index in [1.54, 1.807) is 17.0 Å². The summed E-state index contributed by atoms with van der Waals surface area (Å²) >= 11 is 0. The van der Waals surface area contributed by atoms with Gasteiger partial charge >= 0.3 is 0 Å². The van der Waals surface area contributed by atoms with Crippen LogP contribution in [0.25, 0.3) is 11.0 Å². The number of carbonyl (C=O) groups is 1. The highest BCUT2D eigenvalue weighted by molar-refractivity contribution is 5.97. The third kappa shape index (κ3) is 4.03. The maximum atomic E-state index is 13.3. The van der Waals surface area contributed by atoms with Crippen LogP contribution in [-0.2, 0) is 13.0 Å². The topological polar surface area (TPSA) is 58.4 Å². The van der Waals surface area contributed by atoms with E-state index in [9.17, 15) is 14.3 Å². The van der Waals surface area contributed by atoms with Crippen LogP contribution in [0.15, 0.2) is 42.5 Å². The predicted molar refractivity (Wildman–Crippen MR) is 110 cm³/mol. The monoisotopic (exact) mass is 395 g/mol. The highest BCUT2D eigenvalue weighted by Crippen LogP contribution is 2.25. The lowest BCUT2D eigenvalue weighted by Crippen LogP contribution is -2.37. The lowest BCUT2D eigenvalue weighted by molar-refractivity contribution is 0.0594. The molecule has 1 unspecified atom stereocenters. The van der Waals surface area contributed by atoms with Crippen molar-refractivity contribution >= 4 is 16.9 Å². The van der Waals surface area contributed by atoms with Crippen molar-refractivity contribution in [3.8, 4) is 0 Å². The second-order valence-electron chi connectivity index (χ2n) is 8.16. The van der Waals surface area contributed by atoms with E-state index < -0.39 is 6.10 Å². The number of aryl methyl sites for hydroxylation is 2. The van der Waals surface area contributed by atoms with Gasteiger partial charge in [-0.15, -0.1) is 0 Å². The molecule has 0 saturated carbocycles. The Morgan fingerprint density at radius 1 is 1.21 bits per heavy atom. The number of nitrogens with zero attached hydrogens (tertiary/aromatic N) is 3. The molecule has 1 aliphatic heterocycles. The number of fused-ring (bicyclic) bond motifs is 3. The summed E-state index contributed by atoms with van der Waals surface area (Å²) in [6.07, 6.45) is 1.18. The van der Waals surface area contributed by atoms with E-state index in [2.05, 4.69) is 9.55 Å². The molecule has 29 heavy (non-hydrogen) atoms. The van der Waals surface area contributed by atoms with Crippen molar-refractivity contribution in [2.75, 3.05) is 13.1 Å². The van der Waals surface area contributed by atoms with Crippen molar-refractivity contribution in [2.45, 2.75) is 39.3 Å². The molecule has 1 atom stereocenters. The molecule has 0 saturated heterocycles. The van der Waals surface area contributed by atoms with E-state index in [1.165, 1.54) is 12.1 Å². The maximum absolute atomic E-state index is 13.3. The summed E-state index contributed by atoms with van der Waals surface area (Å²) in [4.78, 5) is 19.6. The first-order valence-corrected chi connectivity index (χ1v) is 10.1. The summed E-state index contributed by atoms with van der Waals surface area (Å²) in [5, 5.41) is 10.6. The molecule has 152 valence electrons. The van der Waals surface area contributed by atoms with Crippen molar-refractivity contribution in [2.24, 2.45) is 5.92 Å². The molecule has 1 N–H and O–H groups in total. The Labute approximate surface area is 169 Å². The lowest BCUT2D eigenvalue weighted by atomic mass is 10.1. The van der Waals surface area contributed by atoms with Gasteiger partial charge in [0, 0.05) is 25.1 Å². The number of aliphatic hydroxyl groups excluding tert-OH is 1. The van der Waals surface area contributed by atoms with Crippen LogP contribution >= 0.6 is 0 Å². The van der Waals surface area contributed by atoms with Crippen molar-refractivity contribution in [1.29, 1.82) is 0 Å². The molecular weight excluding hydrogens is 369 g/mol. The summed E-state index contributed by atoms with van der Waals surface area (Å²) in [6, 6.07) is 11.4. The number of rotatable bonds is 6. The Morgan fingerprint density at radius 3 is 2.69 bits per heavy atom. The van der Waals surface area contributed by atoms with E-state index in [4.69, 9.17) is 0 Å². The minimum absolute atomic E-state index is 0.115. The molecule has 0 fully saturated rings. The normalized spacial score (nSPS) is 14.4. The van der Waals surface area contributed by atoms with Crippen LogP contribution in [0.5, 0.6) is 0 Å². The van der Waals surface area contributed by atoms with Crippen molar-refractivity contribution in [3.63, 3.8) is 0 Å². The number of aliphatic hydroxyl groups is 1. The van der Waals surface area contributed by atoms with E-state index in [-0.39, 0.29) is 24.2 Å². The van der Waals surface area contributed by atoms with Crippen LogP contribution in [0.3, 0.4) is 0 Å². The van der Waals surface area contributed by atoms with E-state index >= 15 is 0 Å². The second-order valence-corrected chi connectivity index (χ2v) is 8.16. The molecule has 4 rings (SSSR count). The predicted octanol–water partition coefficient (Wildman–Crippen LogP) is 3.95. The standard InChI is InChI=1S/C23H26FN3O2/c1-15(2)13-26(14-21(28)16-5-8-18(24)9-6-16)23(29)17-7-10-19-20(12-17)27-11-3-4-22(27)25-19/h5-10,12,15,21,28H,3-4,11,13-14H2,1-2H3. The second kappa shape index (κ2) is 7.95. The van der Waals surface area contributed by atoms with Gasteiger partial charge in [-0.1, -0.05) is 26.0 Å². The molecule has 2 heterocycles. The SMILES string of the molecule is CC(C)CN(CC(O)c1ccc(F)cc1)C(=O)c1ccc2nc3n(c2c1)CCC3. The quantitative estimate of drug-likeness (QED) is 0.687. The highest BCUT2D eigenvalue weighted by atomic mass is 19.1. The average Bonchev–Trinajstić information content (AvgIpc) is 3.28. The summed E-state index contributed by atoms with van der Waals surface area (Å²) < 4.78 is 15.4. The van der Waals surface area contributed by atoms with Gasteiger partial charge in [-0.05, 0) is 48.2 Å². The van der Waals surface area contributed by atoms with Crippen LogP contribution in [0.1, 0.15) is 48.1 Å². The number of amides is 1. The van der Waals surface area contributed by atoms with Crippen molar-refractivity contribution in [1.82, 2.24) is 14.5 Å². The first kappa shape index (κ1) is 19.6. The molecule has 1 aromatic heterocycles. The zero-order valence-corrected chi connectivity index (χ0v) is 16.8. The van der Waals surface area contributed by atoms with Gasteiger partial charge in [-0.2, -0.15) is 0 Å². The van der Waals surface area contributed by atoms with Gasteiger partial charge in [0.2, 0.25) is 0 Å². The number of halogens is 1. The number of aromatic nitrogens is 2. The zero-order valence-electron chi connectivity index (χ0n) is 16.8. The highest BCUT2D eigenvalue weighted by Gasteiger charge is 2.23. The third-order valence-corrected chi connectivity index (χ3v) is 5.38. The Hall–Kier alpha value is -2.73. The van der Waals surface area contributed by atoms with Crippen LogP contribution in [-0.4, -0.2) is 38.6 Å². The van der Waals surface area contributed by atoms with Crippen LogP contribution < -0.4 is 0 Å².